The van der Waals surface area contributed by atoms with Crippen LogP contribution >= 0.6 is 31.5 Å². The number of hydrogen-bond acceptors (Lipinski definition) is 2. The normalized spacial score (nSPS) is 15.2. The van der Waals surface area contributed by atoms with Gasteiger partial charge in [0.25, 0.3) is 0 Å². The molecule has 0 saturated carbocycles. The largest absolute Gasteiger partial charge is 0.696 e. The van der Waals surface area contributed by atoms with Gasteiger partial charge in [-0.1, -0.05) is 16.1 Å². The van der Waals surface area contributed by atoms with Crippen LogP contribution in [0.25, 0.3) is 0 Å². The van der Waals surface area contributed by atoms with E-state index < -0.39 is 13.8 Å². The minimum atomic E-state index is -2.59. The summed E-state index contributed by atoms with van der Waals surface area (Å²) in [5.74, 6) is 0.317. The predicted molar refractivity (Wildman–Crippen MR) is 35.9 cm³/mol. The van der Waals surface area contributed by atoms with E-state index >= 15 is 0 Å². The van der Waals surface area contributed by atoms with Gasteiger partial charge >= 0.3 is 8.25 Å². The van der Waals surface area contributed by atoms with Crippen molar-refractivity contribution in [1.82, 2.24) is 0 Å². The average Bonchev–Trinajstić information content (AvgIpc) is 1.63. The first-order valence-corrected chi connectivity index (χ1v) is 4.30. The van der Waals surface area contributed by atoms with Crippen LogP contribution in [0.2, 0.25) is 0 Å². The van der Waals surface area contributed by atoms with E-state index in [0.29, 0.717) is 12.3 Å². The van der Waals surface area contributed by atoms with Gasteiger partial charge in [0.05, 0.1) is 0 Å². The van der Waals surface area contributed by atoms with Crippen LogP contribution in [0.15, 0.2) is 0 Å². The van der Waals surface area contributed by atoms with E-state index in [1.165, 1.54) is 0 Å². The van der Waals surface area contributed by atoms with Crippen molar-refractivity contribution >= 4 is 31.5 Å². The molecule has 0 bridgehead atoms. The maximum atomic E-state index is 9.88. The summed E-state index contributed by atoms with van der Waals surface area (Å²) in [6.45, 7) is 0. The second-order valence-electron chi connectivity index (χ2n) is 1.23. The molecule has 54 valence electrons. The molecule has 0 aromatic rings. The SMILES string of the molecule is O=[P+](O)OC(Cl)CCCl. The summed E-state index contributed by atoms with van der Waals surface area (Å²) in [6, 6.07) is 0. The second kappa shape index (κ2) is 5.39. The zero-order chi connectivity index (χ0) is 7.28. The first kappa shape index (κ1) is 9.60. The van der Waals surface area contributed by atoms with E-state index in [1.54, 1.807) is 0 Å². The van der Waals surface area contributed by atoms with Crippen LogP contribution < -0.4 is 0 Å². The zero-order valence-corrected chi connectivity index (χ0v) is 6.86. The van der Waals surface area contributed by atoms with Crippen LogP contribution in [0, 0.1) is 0 Å². The Labute approximate surface area is 63.9 Å². The molecule has 0 amide bonds. The molecule has 6 heteroatoms. The lowest BCUT2D eigenvalue weighted by molar-refractivity contribution is 0.252. The van der Waals surface area contributed by atoms with Crippen molar-refractivity contribution in [2.24, 2.45) is 0 Å². The summed E-state index contributed by atoms with van der Waals surface area (Å²) in [7, 11) is -2.59. The Hall–Kier alpha value is 0.600. The van der Waals surface area contributed by atoms with Gasteiger partial charge in [-0.15, -0.1) is 16.5 Å². The van der Waals surface area contributed by atoms with Crippen molar-refractivity contribution < 1.29 is 14.0 Å². The van der Waals surface area contributed by atoms with Crippen molar-refractivity contribution in [2.45, 2.75) is 12.0 Å². The smallest absolute Gasteiger partial charge is 0.133 e. The second-order valence-corrected chi connectivity index (χ2v) is 2.78. The van der Waals surface area contributed by atoms with E-state index in [2.05, 4.69) is 4.52 Å². The highest BCUT2D eigenvalue weighted by molar-refractivity contribution is 7.32. The van der Waals surface area contributed by atoms with Gasteiger partial charge in [0.15, 0.2) is 5.56 Å². The summed E-state index contributed by atoms with van der Waals surface area (Å²) >= 11 is 10.6. The Morgan fingerprint density at radius 1 is 1.78 bits per heavy atom. The van der Waals surface area contributed by atoms with Crippen LogP contribution in [0.5, 0.6) is 0 Å². The van der Waals surface area contributed by atoms with Gasteiger partial charge in [-0.25, -0.2) is 0 Å². The first-order valence-electron chi connectivity index (χ1n) is 2.19. The average molecular weight is 192 g/mol. The minimum Gasteiger partial charge on any atom is -0.133 e. The molecule has 0 aromatic carbocycles. The topological polar surface area (TPSA) is 46.5 Å². The van der Waals surface area contributed by atoms with E-state index in [1.807, 2.05) is 0 Å². The molecule has 0 aliphatic rings. The molecule has 0 aliphatic heterocycles. The fraction of sp³-hybridized carbons (Fsp3) is 1.00. The van der Waals surface area contributed by atoms with Crippen molar-refractivity contribution in [3.63, 3.8) is 0 Å². The number of halogens is 2. The number of rotatable bonds is 4. The van der Waals surface area contributed by atoms with Crippen molar-refractivity contribution in [3.8, 4) is 0 Å². The zero-order valence-electron chi connectivity index (χ0n) is 4.46. The van der Waals surface area contributed by atoms with E-state index in [4.69, 9.17) is 28.1 Å². The first-order chi connectivity index (χ1) is 4.16. The summed E-state index contributed by atoms with van der Waals surface area (Å²) < 4.78 is 14.1. The van der Waals surface area contributed by atoms with Crippen LogP contribution in [-0.2, 0) is 9.09 Å². The molecule has 0 heterocycles. The molecule has 0 spiro atoms. The maximum Gasteiger partial charge on any atom is 0.696 e. The lowest BCUT2D eigenvalue weighted by Crippen LogP contribution is -1.99. The molecule has 0 rings (SSSR count). The van der Waals surface area contributed by atoms with Crippen LogP contribution in [0.4, 0.5) is 0 Å². The summed E-state index contributed by atoms with van der Waals surface area (Å²) in [5, 5.41) is 0. The molecular weight excluding hydrogens is 186 g/mol. The molecule has 0 aliphatic carbocycles. The molecule has 0 saturated heterocycles. The summed E-state index contributed by atoms with van der Waals surface area (Å²) in [6.07, 6.45) is 0.366. The quantitative estimate of drug-likeness (QED) is 0.545. The monoisotopic (exact) mass is 191 g/mol. The molecule has 2 atom stereocenters. The highest BCUT2D eigenvalue weighted by Crippen LogP contribution is 2.21. The van der Waals surface area contributed by atoms with Crippen LogP contribution in [-0.4, -0.2) is 16.3 Å². The fourth-order valence-electron chi connectivity index (χ4n) is 0.236. The Morgan fingerprint density at radius 3 is 2.67 bits per heavy atom. The molecular formula is C3H6Cl2O3P+. The third-order valence-corrected chi connectivity index (χ3v) is 1.63. The highest BCUT2D eigenvalue weighted by atomic mass is 35.5. The van der Waals surface area contributed by atoms with Gasteiger partial charge in [-0.2, -0.15) is 0 Å². The molecule has 0 fully saturated rings. The van der Waals surface area contributed by atoms with Gasteiger partial charge in [0.2, 0.25) is 0 Å². The Bertz CT molecular complexity index is 99.1. The highest BCUT2D eigenvalue weighted by Gasteiger charge is 2.19. The Balaban J connectivity index is 3.26. The van der Waals surface area contributed by atoms with Gasteiger partial charge in [-0.05, 0) is 0 Å². The van der Waals surface area contributed by atoms with Crippen molar-refractivity contribution in [3.05, 3.63) is 0 Å². The van der Waals surface area contributed by atoms with Gasteiger partial charge < -0.3 is 0 Å². The molecule has 3 nitrogen and oxygen atoms in total. The predicted octanol–water partition coefficient (Wildman–Crippen LogP) is 1.85. The van der Waals surface area contributed by atoms with Crippen LogP contribution in [0.1, 0.15) is 6.42 Å². The van der Waals surface area contributed by atoms with Gasteiger partial charge in [-0.3, -0.25) is 0 Å². The number of alkyl halides is 2. The molecule has 1 N–H and O–H groups in total. The Morgan fingerprint density at radius 2 is 2.33 bits per heavy atom. The third-order valence-electron chi connectivity index (χ3n) is 0.541. The number of hydrogen-bond donors (Lipinski definition) is 1. The summed E-state index contributed by atoms with van der Waals surface area (Å²) in [5.41, 5.74) is -0.754. The Kier molecular flexibility index (Phi) is 5.75. The lowest BCUT2D eigenvalue weighted by Gasteiger charge is -1.94. The molecule has 0 aromatic heterocycles. The molecule has 0 radical (unpaired) electrons. The maximum absolute atomic E-state index is 9.88. The summed E-state index contributed by atoms with van der Waals surface area (Å²) in [4.78, 5) is 8.11. The van der Waals surface area contributed by atoms with E-state index in [9.17, 15) is 4.57 Å². The van der Waals surface area contributed by atoms with Crippen molar-refractivity contribution in [2.75, 3.05) is 5.88 Å². The molecule has 9 heavy (non-hydrogen) atoms. The van der Waals surface area contributed by atoms with Crippen molar-refractivity contribution in [1.29, 1.82) is 0 Å². The van der Waals surface area contributed by atoms with Crippen LogP contribution in [0.3, 0.4) is 0 Å². The fourth-order valence-corrected chi connectivity index (χ4v) is 1.16. The lowest BCUT2D eigenvalue weighted by atomic mass is 10.5. The standard InChI is InChI=1S/C3H5Cl2O3P/c4-2-1-3(5)8-9(6)7/h3H,1-2H2/p+1. The van der Waals surface area contributed by atoms with Gasteiger partial charge in [0.1, 0.15) is 0 Å². The van der Waals surface area contributed by atoms with Gasteiger partial charge in [0, 0.05) is 16.9 Å². The third kappa shape index (κ3) is 6.49. The minimum absolute atomic E-state index is 0.317. The van der Waals surface area contributed by atoms with E-state index in [0.717, 1.165) is 0 Å². The molecule has 2 unspecified atom stereocenters. The van der Waals surface area contributed by atoms with E-state index in [-0.39, 0.29) is 0 Å².